The zero-order valence-corrected chi connectivity index (χ0v) is 13.0. The van der Waals surface area contributed by atoms with Crippen molar-refractivity contribution in [3.8, 4) is 0 Å². The molecule has 0 saturated carbocycles. The van der Waals surface area contributed by atoms with E-state index >= 15 is 0 Å². The third-order valence-corrected chi connectivity index (χ3v) is 3.92. The summed E-state index contributed by atoms with van der Waals surface area (Å²) in [6, 6.07) is 6.24. The molecule has 9 nitrogen and oxygen atoms in total. The second kappa shape index (κ2) is 8.02. The minimum Gasteiger partial charge on any atom is -0.481 e. The van der Waals surface area contributed by atoms with Gasteiger partial charge in [0.1, 0.15) is 5.25 Å². The zero-order chi connectivity index (χ0) is 17.5. The van der Waals surface area contributed by atoms with E-state index in [2.05, 4.69) is 15.5 Å². The summed E-state index contributed by atoms with van der Waals surface area (Å²) in [6.45, 7) is 0. The molecule has 124 valence electrons. The molecule has 0 radical (unpaired) electrons. The van der Waals surface area contributed by atoms with Crippen molar-refractivity contribution < 1.29 is 19.6 Å². The highest BCUT2D eigenvalue weighted by atomic mass is 32.2. The van der Waals surface area contributed by atoms with Gasteiger partial charge in [0.05, 0.1) is 16.9 Å². The third-order valence-electron chi connectivity index (χ3n) is 2.85. The van der Waals surface area contributed by atoms with Gasteiger partial charge in [0, 0.05) is 12.3 Å². The quantitative estimate of drug-likeness (QED) is 0.456. The molecule has 0 unspecified atom stereocenters. The number of amides is 1. The van der Waals surface area contributed by atoms with Crippen LogP contribution in [0.15, 0.2) is 40.5 Å². The van der Waals surface area contributed by atoms with Crippen LogP contribution in [0.2, 0.25) is 0 Å². The third kappa shape index (κ3) is 4.74. The second-order valence-electron chi connectivity index (χ2n) is 4.54. The van der Waals surface area contributed by atoms with Crippen molar-refractivity contribution in [1.29, 1.82) is 0 Å². The number of carbonyl (C=O) groups excluding carboxylic acids is 1. The number of benzene rings is 1. The Morgan fingerprint density at radius 2 is 2.21 bits per heavy atom. The molecule has 1 heterocycles. The molecule has 0 aliphatic carbocycles. The minimum absolute atomic E-state index is 0.0245. The highest BCUT2D eigenvalue weighted by molar-refractivity contribution is 8.15. The summed E-state index contributed by atoms with van der Waals surface area (Å²) in [5, 5.41) is 28.9. The Morgan fingerprint density at radius 3 is 2.92 bits per heavy atom. The highest BCUT2D eigenvalue weighted by Gasteiger charge is 2.32. The maximum Gasteiger partial charge on any atom is 0.305 e. The van der Waals surface area contributed by atoms with Gasteiger partial charge in [-0.3, -0.25) is 19.7 Å². The van der Waals surface area contributed by atoms with Crippen molar-refractivity contribution in [2.45, 2.75) is 11.7 Å². The molecule has 24 heavy (non-hydrogen) atoms. The molecule has 1 saturated heterocycles. The molecule has 1 amide bonds. The number of carbonyl (C=O) groups is 2. The Hall–Kier alpha value is -3.01. The normalized spacial score (nSPS) is 19.2. The molecule has 0 aromatic heterocycles. The van der Waals surface area contributed by atoms with E-state index < -0.39 is 22.0 Å². The second-order valence-corrected chi connectivity index (χ2v) is 5.73. The summed E-state index contributed by atoms with van der Waals surface area (Å²) in [5.74, 6) is -1.49. The molecule has 10 heteroatoms. The molecule has 2 rings (SSSR count). The van der Waals surface area contributed by atoms with E-state index in [4.69, 9.17) is 5.11 Å². The minimum atomic E-state index is -1.07. The van der Waals surface area contributed by atoms with Gasteiger partial charge in [0.2, 0.25) is 5.91 Å². The van der Waals surface area contributed by atoms with Crippen LogP contribution in [0.5, 0.6) is 0 Å². The Morgan fingerprint density at radius 1 is 1.46 bits per heavy atom. The van der Waals surface area contributed by atoms with E-state index in [1.54, 1.807) is 18.2 Å². The Labute approximate surface area is 140 Å². The number of nitro benzene ring substituents is 1. The van der Waals surface area contributed by atoms with Crippen LogP contribution in [0, 0.1) is 10.1 Å². The number of hydrogen-bond acceptors (Lipinski definition) is 7. The van der Waals surface area contributed by atoms with E-state index in [0.29, 0.717) is 5.56 Å². The largest absolute Gasteiger partial charge is 0.481 e. The number of hydrogen-bond donors (Lipinski definition) is 2. The molecule has 1 fully saturated rings. The van der Waals surface area contributed by atoms with Gasteiger partial charge >= 0.3 is 5.97 Å². The van der Waals surface area contributed by atoms with Crippen molar-refractivity contribution in [3.05, 3.63) is 46.0 Å². The zero-order valence-electron chi connectivity index (χ0n) is 12.2. The van der Waals surface area contributed by atoms with E-state index in [-0.39, 0.29) is 17.3 Å². The SMILES string of the molecule is O=C(O)C[C@@H]1S\C(=N/N=C\C=C\c2ccccc2[N+](=O)[O-])NC1=O. The number of amidine groups is 1. The van der Waals surface area contributed by atoms with Crippen molar-refractivity contribution in [2.24, 2.45) is 10.2 Å². The number of nitro groups is 1. The summed E-state index contributed by atoms with van der Waals surface area (Å²) in [7, 11) is 0. The number of nitrogens with zero attached hydrogens (tertiary/aromatic N) is 3. The van der Waals surface area contributed by atoms with Crippen molar-refractivity contribution >= 4 is 46.8 Å². The van der Waals surface area contributed by atoms with Gasteiger partial charge in [-0.25, -0.2) is 0 Å². The fourth-order valence-electron chi connectivity index (χ4n) is 1.81. The smallest absolute Gasteiger partial charge is 0.305 e. The van der Waals surface area contributed by atoms with Crippen molar-refractivity contribution in [2.75, 3.05) is 0 Å². The number of nitrogens with one attached hydrogen (secondary N) is 1. The van der Waals surface area contributed by atoms with Crippen LogP contribution in [0.25, 0.3) is 6.08 Å². The first-order chi connectivity index (χ1) is 11.5. The number of para-hydroxylation sites is 1. The average Bonchev–Trinajstić information content (AvgIpc) is 2.86. The lowest BCUT2D eigenvalue weighted by molar-refractivity contribution is -0.385. The fourth-order valence-corrected chi connectivity index (χ4v) is 2.73. The molecule has 1 aromatic carbocycles. The summed E-state index contributed by atoms with van der Waals surface area (Å²) < 4.78 is 0. The molecule has 1 aliphatic heterocycles. The molecule has 1 atom stereocenters. The number of aliphatic carboxylic acids is 1. The number of thioether (sulfide) groups is 1. The van der Waals surface area contributed by atoms with E-state index in [0.717, 1.165) is 11.8 Å². The van der Waals surface area contributed by atoms with Crippen molar-refractivity contribution in [1.82, 2.24) is 5.32 Å². The van der Waals surface area contributed by atoms with E-state index in [1.807, 2.05) is 0 Å². The maximum atomic E-state index is 11.5. The predicted octanol–water partition coefficient (Wildman–Crippen LogP) is 1.66. The summed E-state index contributed by atoms with van der Waals surface area (Å²) in [6.07, 6.45) is 4.00. The fraction of sp³-hybridized carbons (Fsp3) is 0.143. The Bertz CT molecular complexity index is 759. The lowest BCUT2D eigenvalue weighted by Crippen LogP contribution is -2.26. The van der Waals surface area contributed by atoms with E-state index in [1.165, 1.54) is 24.4 Å². The number of carboxylic acids is 1. The van der Waals surface area contributed by atoms with Gasteiger partial charge in [0.25, 0.3) is 5.69 Å². The lowest BCUT2D eigenvalue weighted by atomic mass is 10.2. The van der Waals surface area contributed by atoms with Crippen molar-refractivity contribution in [3.63, 3.8) is 0 Å². The molecular weight excluding hydrogens is 336 g/mol. The van der Waals surface area contributed by atoms with Gasteiger partial charge in [-0.2, -0.15) is 5.10 Å². The Kier molecular flexibility index (Phi) is 5.79. The monoisotopic (exact) mass is 348 g/mol. The molecule has 1 aromatic rings. The Balaban J connectivity index is 1.97. The van der Waals surface area contributed by atoms with Gasteiger partial charge in [0.15, 0.2) is 5.17 Å². The number of carboxylic acid groups (broad SMARTS) is 1. The van der Waals surface area contributed by atoms with Crippen LogP contribution in [0.4, 0.5) is 5.69 Å². The molecule has 0 spiro atoms. The summed E-state index contributed by atoms with van der Waals surface area (Å²) in [5.41, 5.74) is 0.398. The highest BCUT2D eigenvalue weighted by Crippen LogP contribution is 2.22. The van der Waals surface area contributed by atoms with Gasteiger partial charge in [-0.1, -0.05) is 23.9 Å². The maximum absolute atomic E-state index is 11.5. The number of rotatable bonds is 6. The molecule has 0 bridgehead atoms. The van der Waals surface area contributed by atoms with E-state index in [9.17, 15) is 19.7 Å². The molecule has 2 N–H and O–H groups in total. The average molecular weight is 348 g/mol. The lowest BCUT2D eigenvalue weighted by Gasteiger charge is -1.97. The first kappa shape index (κ1) is 17.3. The van der Waals surface area contributed by atoms with Gasteiger partial charge < -0.3 is 10.4 Å². The van der Waals surface area contributed by atoms with Crippen LogP contribution in [-0.4, -0.2) is 38.5 Å². The number of allylic oxidation sites excluding steroid dienone is 1. The predicted molar refractivity (Wildman–Crippen MR) is 89.8 cm³/mol. The van der Waals surface area contributed by atoms with Crippen LogP contribution in [0.1, 0.15) is 12.0 Å². The van der Waals surface area contributed by atoms with Gasteiger partial charge in [-0.15, -0.1) is 5.10 Å². The van der Waals surface area contributed by atoms with Gasteiger partial charge in [-0.05, 0) is 18.2 Å². The standard InChI is InChI=1S/C14H12N4O5S/c19-12(20)8-11-13(21)16-14(24-11)17-15-7-3-5-9-4-1-2-6-10(9)18(22)23/h1-7,11H,8H2,(H,19,20)(H,16,17,21)/b5-3+,15-7-/t11-/m0/s1. The first-order valence-corrected chi connectivity index (χ1v) is 7.56. The molecular formula is C14H12N4O5S. The summed E-state index contributed by atoms with van der Waals surface area (Å²) >= 11 is 0.989. The van der Waals surface area contributed by atoms with Crippen LogP contribution >= 0.6 is 11.8 Å². The van der Waals surface area contributed by atoms with Crippen LogP contribution in [0.3, 0.4) is 0 Å². The topological polar surface area (TPSA) is 134 Å². The van der Waals surface area contributed by atoms with Crippen LogP contribution in [-0.2, 0) is 9.59 Å². The first-order valence-electron chi connectivity index (χ1n) is 6.68. The summed E-state index contributed by atoms with van der Waals surface area (Å²) in [4.78, 5) is 32.5. The van der Waals surface area contributed by atoms with Crippen LogP contribution < -0.4 is 5.32 Å². The molecule has 1 aliphatic rings.